The van der Waals surface area contributed by atoms with Crippen LogP contribution in [0.3, 0.4) is 0 Å². The molecule has 0 spiro atoms. The molecule has 0 unspecified atom stereocenters. The van der Waals surface area contributed by atoms with Gasteiger partial charge in [0.1, 0.15) is 0 Å². The normalized spacial score (nSPS) is 19.5. The maximum atomic E-state index is 11.9. The number of hydrogen-bond acceptors (Lipinski definition) is 5. The molecule has 1 fully saturated rings. The van der Waals surface area contributed by atoms with Gasteiger partial charge in [-0.3, -0.25) is 10.1 Å². The molecule has 1 aliphatic rings. The molecular weight excluding hydrogens is 364 g/mol. The lowest BCUT2D eigenvalue weighted by Gasteiger charge is -2.29. The number of carbonyl (C=O) groups excluding carboxylic acids is 3. The first kappa shape index (κ1) is 21.0. The third-order valence-electron chi connectivity index (χ3n) is 4.55. The second-order valence-electron chi connectivity index (χ2n) is 6.60. The number of amides is 3. The summed E-state index contributed by atoms with van der Waals surface area (Å²) < 4.78 is 4.86. The summed E-state index contributed by atoms with van der Waals surface area (Å²) in [6.45, 7) is 1.59. The largest absolute Gasteiger partial charge is 0.452 e. The number of esters is 1. The molecule has 146 valence electrons. The smallest absolute Gasteiger partial charge is 0.331 e. The molecule has 3 amide bonds. The maximum absolute atomic E-state index is 11.9. The van der Waals surface area contributed by atoms with Crippen LogP contribution in [0.25, 0.3) is 6.08 Å². The molecule has 0 radical (unpaired) electrons. The van der Waals surface area contributed by atoms with E-state index in [1.54, 1.807) is 17.8 Å². The Bertz CT molecular complexity index is 688. The molecule has 6 nitrogen and oxygen atoms in total. The molecule has 0 aromatic heterocycles. The first-order valence-electron chi connectivity index (χ1n) is 9.07. The Morgan fingerprint density at radius 3 is 2.56 bits per heavy atom. The van der Waals surface area contributed by atoms with E-state index in [0.717, 1.165) is 29.7 Å². The maximum Gasteiger partial charge on any atom is 0.331 e. The summed E-state index contributed by atoms with van der Waals surface area (Å²) in [7, 11) is 0. The Kier molecular flexibility index (Phi) is 8.39. The summed E-state index contributed by atoms with van der Waals surface area (Å²) in [5.74, 6) is -0.894. The molecule has 0 bridgehead atoms. The van der Waals surface area contributed by atoms with Crippen molar-refractivity contribution in [3.05, 3.63) is 35.9 Å². The summed E-state index contributed by atoms with van der Waals surface area (Å²) in [5, 5.41) is 5.01. The van der Waals surface area contributed by atoms with Gasteiger partial charge < -0.3 is 10.1 Å². The van der Waals surface area contributed by atoms with Crippen molar-refractivity contribution in [3.63, 3.8) is 0 Å². The fourth-order valence-electron chi connectivity index (χ4n) is 2.96. The van der Waals surface area contributed by atoms with Crippen LogP contribution in [0.5, 0.6) is 0 Å². The second-order valence-corrected chi connectivity index (χ2v) is 7.48. The highest BCUT2D eigenvalue weighted by molar-refractivity contribution is 7.98. The van der Waals surface area contributed by atoms with Crippen LogP contribution in [-0.4, -0.2) is 36.8 Å². The van der Waals surface area contributed by atoms with Crippen LogP contribution in [0.2, 0.25) is 0 Å². The topological polar surface area (TPSA) is 84.5 Å². The van der Waals surface area contributed by atoms with Gasteiger partial charge in [0.05, 0.1) is 0 Å². The van der Waals surface area contributed by atoms with Crippen molar-refractivity contribution in [1.29, 1.82) is 0 Å². The first-order valence-corrected chi connectivity index (χ1v) is 10.3. The van der Waals surface area contributed by atoms with Crippen LogP contribution in [0.15, 0.2) is 35.2 Å². The minimum atomic E-state index is -0.651. The molecule has 2 N–H and O–H groups in total. The van der Waals surface area contributed by atoms with Gasteiger partial charge in [0.25, 0.3) is 5.91 Å². The van der Waals surface area contributed by atoms with Crippen molar-refractivity contribution >= 4 is 35.7 Å². The van der Waals surface area contributed by atoms with Crippen LogP contribution in [-0.2, 0) is 14.3 Å². The quantitative estimate of drug-likeness (QED) is 0.442. The first-order chi connectivity index (χ1) is 13.0. The average molecular weight is 391 g/mol. The van der Waals surface area contributed by atoms with Gasteiger partial charge in [-0.15, -0.1) is 11.8 Å². The van der Waals surface area contributed by atoms with Crippen LogP contribution in [0.1, 0.15) is 38.2 Å². The molecule has 1 saturated carbocycles. The number of nitrogens with one attached hydrogen (secondary N) is 2. The molecule has 0 saturated heterocycles. The van der Waals surface area contributed by atoms with Crippen molar-refractivity contribution < 1.29 is 19.1 Å². The van der Waals surface area contributed by atoms with E-state index in [0.29, 0.717) is 5.92 Å². The number of thioether (sulfide) groups is 1. The van der Waals surface area contributed by atoms with E-state index in [1.165, 1.54) is 12.5 Å². The zero-order chi connectivity index (χ0) is 19.6. The third kappa shape index (κ3) is 7.46. The molecule has 1 aromatic rings. The monoisotopic (exact) mass is 390 g/mol. The predicted octanol–water partition coefficient (Wildman–Crippen LogP) is 3.37. The van der Waals surface area contributed by atoms with Crippen molar-refractivity contribution in [3.8, 4) is 0 Å². The lowest BCUT2D eigenvalue weighted by atomic mass is 9.86. The van der Waals surface area contributed by atoms with Gasteiger partial charge in [-0.05, 0) is 48.8 Å². The number of carbonyl (C=O) groups is 3. The zero-order valence-electron chi connectivity index (χ0n) is 15.7. The molecule has 2 rings (SSSR count). The van der Waals surface area contributed by atoms with E-state index in [2.05, 4.69) is 17.6 Å². The van der Waals surface area contributed by atoms with Gasteiger partial charge in [-0.25, -0.2) is 9.59 Å². The number of urea groups is 1. The van der Waals surface area contributed by atoms with Crippen molar-refractivity contribution in [2.24, 2.45) is 5.92 Å². The molecule has 0 heterocycles. The Hall–Kier alpha value is -2.28. The minimum Gasteiger partial charge on any atom is -0.452 e. The number of hydrogen-bond donors (Lipinski definition) is 2. The van der Waals surface area contributed by atoms with Gasteiger partial charge in [0.15, 0.2) is 6.61 Å². The zero-order valence-corrected chi connectivity index (χ0v) is 16.5. The molecule has 1 aromatic carbocycles. The fraction of sp³-hybridized carbons (Fsp3) is 0.450. The number of ether oxygens (including phenoxy) is 1. The lowest BCUT2D eigenvalue weighted by molar-refractivity contribution is -0.143. The summed E-state index contributed by atoms with van der Waals surface area (Å²) in [4.78, 5) is 36.5. The fourth-order valence-corrected chi connectivity index (χ4v) is 3.37. The Morgan fingerprint density at radius 1 is 1.19 bits per heavy atom. The highest BCUT2D eigenvalue weighted by Gasteiger charge is 2.23. The van der Waals surface area contributed by atoms with E-state index in [-0.39, 0.29) is 6.04 Å². The Labute approximate surface area is 164 Å². The van der Waals surface area contributed by atoms with E-state index in [4.69, 9.17) is 4.74 Å². The third-order valence-corrected chi connectivity index (χ3v) is 5.30. The van der Waals surface area contributed by atoms with Gasteiger partial charge >= 0.3 is 12.0 Å². The Morgan fingerprint density at radius 2 is 1.89 bits per heavy atom. The number of imide groups is 1. The van der Waals surface area contributed by atoms with Crippen molar-refractivity contribution in [1.82, 2.24) is 10.6 Å². The standard InChI is InChI=1S/C20H26N2O4S/c1-14-5-3-4-6-17(14)21-20(25)22-18(23)13-26-19(24)12-9-15-7-10-16(27-2)11-8-15/h7-12,14,17H,3-6,13H2,1-2H3,(H2,21,22,23,25)/b12-9+/t14-,17-/m0/s1. The highest BCUT2D eigenvalue weighted by atomic mass is 32.2. The molecule has 2 atom stereocenters. The second kappa shape index (κ2) is 10.8. The van der Waals surface area contributed by atoms with Crippen LogP contribution in [0.4, 0.5) is 4.79 Å². The Balaban J connectivity index is 1.69. The molecule has 7 heteroatoms. The van der Waals surface area contributed by atoms with Gasteiger partial charge in [0.2, 0.25) is 0 Å². The van der Waals surface area contributed by atoms with Crippen molar-refractivity contribution in [2.75, 3.05) is 12.9 Å². The van der Waals surface area contributed by atoms with Crippen molar-refractivity contribution in [2.45, 2.75) is 43.5 Å². The highest BCUT2D eigenvalue weighted by Crippen LogP contribution is 2.23. The average Bonchev–Trinajstić information content (AvgIpc) is 2.67. The molecule has 27 heavy (non-hydrogen) atoms. The molecule has 1 aliphatic carbocycles. The van der Waals surface area contributed by atoms with Crippen LogP contribution < -0.4 is 10.6 Å². The minimum absolute atomic E-state index is 0.0783. The SMILES string of the molecule is CSc1ccc(/C=C/C(=O)OCC(=O)NC(=O)N[C@H]2CCCC[C@@H]2C)cc1. The summed E-state index contributed by atoms with van der Waals surface area (Å²) in [5.41, 5.74) is 0.857. The van der Waals surface area contributed by atoms with Crippen LogP contribution in [0, 0.1) is 5.92 Å². The van der Waals surface area contributed by atoms with E-state index < -0.39 is 24.5 Å². The summed E-state index contributed by atoms with van der Waals surface area (Å²) in [6.07, 6.45) is 9.09. The van der Waals surface area contributed by atoms with Crippen LogP contribution >= 0.6 is 11.8 Å². The lowest BCUT2D eigenvalue weighted by Crippen LogP contribution is -2.48. The van der Waals surface area contributed by atoms with Gasteiger partial charge in [-0.1, -0.05) is 31.9 Å². The van der Waals surface area contributed by atoms with Gasteiger partial charge in [0, 0.05) is 17.0 Å². The predicted molar refractivity (Wildman–Crippen MR) is 106 cm³/mol. The van der Waals surface area contributed by atoms with E-state index in [9.17, 15) is 14.4 Å². The summed E-state index contributed by atoms with van der Waals surface area (Å²) >= 11 is 1.64. The van der Waals surface area contributed by atoms with Gasteiger partial charge in [-0.2, -0.15) is 0 Å². The number of rotatable bonds is 6. The summed E-state index contributed by atoms with van der Waals surface area (Å²) in [6, 6.07) is 7.22. The molecule has 0 aliphatic heterocycles. The van der Waals surface area contributed by atoms with E-state index >= 15 is 0 Å². The van der Waals surface area contributed by atoms with E-state index in [1.807, 2.05) is 30.5 Å². The number of benzene rings is 1. The molecular formula is C20H26N2O4S.